The fourth-order valence-corrected chi connectivity index (χ4v) is 1.08. The number of carboxylic acid groups (broad SMARTS) is 1. The summed E-state index contributed by atoms with van der Waals surface area (Å²) in [7, 11) is 0. The Morgan fingerprint density at radius 1 is 1.05 bits per heavy atom. The van der Waals surface area contributed by atoms with Gasteiger partial charge in [0.1, 0.15) is 6.61 Å². The summed E-state index contributed by atoms with van der Waals surface area (Å²) in [5.41, 5.74) is 0.297. The van der Waals surface area contributed by atoms with E-state index in [0.29, 0.717) is 5.56 Å². The summed E-state index contributed by atoms with van der Waals surface area (Å²) in [6.45, 7) is -0.662. The van der Waals surface area contributed by atoms with Crippen molar-refractivity contribution in [2.75, 3.05) is 0 Å². The Kier molecular flexibility index (Phi) is 4.13. The molecule has 104 valence electrons. The topological polar surface area (TPSA) is 63.6 Å². The SMILES string of the molecule is O=C(O)C(F)(F)C(F)(F)C(=O)OCc1ccccc1. The predicted molar refractivity (Wildman–Crippen MR) is 53.8 cm³/mol. The van der Waals surface area contributed by atoms with Crippen molar-refractivity contribution >= 4 is 11.9 Å². The van der Waals surface area contributed by atoms with Gasteiger partial charge in [-0.05, 0) is 5.56 Å². The molecule has 0 aliphatic rings. The van der Waals surface area contributed by atoms with E-state index in [1.807, 2.05) is 0 Å². The van der Waals surface area contributed by atoms with Crippen molar-refractivity contribution in [1.82, 2.24) is 0 Å². The van der Waals surface area contributed by atoms with Crippen molar-refractivity contribution in [2.24, 2.45) is 0 Å². The molecule has 19 heavy (non-hydrogen) atoms. The number of carbonyl (C=O) groups excluding carboxylic acids is 1. The zero-order valence-corrected chi connectivity index (χ0v) is 9.28. The first-order chi connectivity index (χ1) is 8.69. The molecule has 0 saturated heterocycles. The zero-order chi connectivity index (χ0) is 14.7. The van der Waals surface area contributed by atoms with Gasteiger partial charge < -0.3 is 9.84 Å². The molecule has 0 fully saturated rings. The maximum atomic E-state index is 12.9. The molecule has 1 N–H and O–H groups in total. The third kappa shape index (κ3) is 3.01. The Bertz CT molecular complexity index is 473. The molecule has 0 aromatic heterocycles. The number of hydrogen-bond acceptors (Lipinski definition) is 3. The van der Waals surface area contributed by atoms with Gasteiger partial charge in [-0.3, -0.25) is 0 Å². The highest BCUT2D eigenvalue weighted by molar-refractivity contribution is 5.89. The Hall–Kier alpha value is -2.12. The first kappa shape index (κ1) is 14.9. The average Bonchev–Trinajstić information content (AvgIpc) is 2.36. The molecule has 0 atom stereocenters. The van der Waals surface area contributed by atoms with Crippen LogP contribution in [-0.4, -0.2) is 28.9 Å². The molecule has 8 heteroatoms. The normalized spacial score (nSPS) is 12.0. The standard InChI is InChI=1S/C11H8F4O4/c12-10(13,8(16)17)11(14,15)9(18)19-6-7-4-2-1-3-5-7/h1-5H,6H2,(H,16,17). The van der Waals surface area contributed by atoms with Crippen LogP contribution in [-0.2, 0) is 20.9 Å². The molecule has 4 nitrogen and oxygen atoms in total. The summed E-state index contributed by atoms with van der Waals surface area (Å²) in [6.07, 6.45) is 0. The minimum atomic E-state index is -5.53. The molecule has 0 radical (unpaired) electrons. The van der Waals surface area contributed by atoms with Crippen molar-refractivity contribution in [2.45, 2.75) is 18.5 Å². The smallest absolute Gasteiger partial charge is 0.415 e. The van der Waals surface area contributed by atoms with Crippen molar-refractivity contribution in [3.05, 3.63) is 35.9 Å². The lowest BCUT2D eigenvalue weighted by Gasteiger charge is -2.20. The third-order valence-corrected chi connectivity index (χ3v) is 2.13. The minimum Gasteiger partial charge on any atom is -0.477 e. The summed E-state index contributed by atoms with van der Waals surface area (Å²) in [6, 6.07) is 7.49. The van der Waals surface area contributed by atoms with Crippen LogP contribution in [0.15, 0.2) is 30.3 Å². The number of carbonyl (C=O) groups is 2. The van der Waals surface area contributed by atoms with Crippen molar-refractivity contribution in [1.29, 1.82) is 0 Å². The predicted octanol–water partition coefficient (Wildman–Crippen LogP) is 2.08. The van der Waals surface area contributed by atoms with Crippen LogP contribution in [0.4, 0.5) is 17.6 Å². The average molecular weight is 280 g/mol. The molecular formula is C11H8F4O4. The number of alkyl halides is 4. The van der Waals surface area contributed by atoms with Crippen molar-refractivity contribution < 1.29 is 37.0 Å². The fourth-order valence-electron chi connectivity index (χ4n) is 1.08. The van der Waals surface area contributed by atoms with Crippen LogP contribution in [0.5, 0.6) is 0 Å². The first-order valence-corrected chi connectivity index (χ1v) is 4.89. The quantitative estimate of drug-likeness (QED) is 0.662. The molecule has 1 rings (SSSR count). The number of rotatable bonds is 5. The highest BCUT2D eigenvalue weighted by Crippen LogP contribution is 2.35. The fraction of sp³-hybridized carbons (Fsp3) is 0.273. The van der Waals surface area contributed by atoms with E-state index < -0.39 is 30.4 Å². The Morgan fingerprint density at radius 3 is 2.05 bits per heavy atom. The number of hydrogen-bond donors (Lipinski definition) is 1. The number of carboxylic acids is 1. The summed E-state index contributed by atoms with van der Waals surface area (Å²) in [5.74, 6) is -16.7. The summed E-state index contributed by atoms with van der Waals surface area (Å²) < 4.78 is 55.2. The molecule has 0 bridgehead atoms. The molecule has 0 heterocycles. The van der Waals surface area contributed by atoms with Gasteiger partial charge in [0.2, 0.25) is 0 Å². The first-order valence-electron chi connectivity index (χ1n) is 4.89. The largest absolute Gasteiger partial charge is 0.477 e. The van der Waals surface area contributed by atoms with Crippen LogP contribution in [0.25, 0.3) is 0 Å². The second-order valence-corrected chi connectivity index (χ2v) is 3.52. The Morgan fingerprint density at radius 2 is 1.58 bits per heavy atom. The number of aliphatic carboxylic acids is 1. The highest BCUT2D eigenvalue weighted by Gasteiger charge is 2.68. The summed E-state index contributed by atoms with van der Waals surface area (Å²) >= 11 is 0. The molecule has 0 amide bonds. The summed E-state index contributed by atoms with van der Waals surface area (Å²) in [4.78, 5) is 20.9. The van der Waals surface area contributed by atoms with Gasteiger partial charge in [0, 0.05) is 0 Å². The van der Waals surface area contributed by atoms with E-state index in [0.717, 1.165) is 0 Å². The van der Waals surface area contributed by atoms with Crippen LogP contribution < -0.4 is 0 Å². The van der Waals surface area contributed by atoms with Crippen LogP contribution in [0, 0.1) is 0 Å². The van der Waals surface area contributed by atoms with E-state index in [9.17, 15) is 27.2 Å². The molecule has 0 aliphatic heterocycles. The van der Waals surface area contributed by atoms with Crippen molar-refractivity contribution in [3.8, 4) is 0 Å². The highest BCUT2D eigenvalue weighted by atomic mass is 19.3. The van der Waals surface area contributed by atoms with Crippen LogP contribution >= 0.6 is 0 Å². The monoisotopic (exact) mass is 280 g/mol. The molecular weight excluding hydrogens is 272 g/mol. The molecule has 0 aliphatic carbocycles. The molecule has 1 aromatic rings. The van der Waals surface area contributed by atoms with E-state index in [2.05, 4.69) is 4.74 Å². The molecule has 0 saturated carbocycles. The second-order valence-electron chi connectivity index (χ2n) is 3.52. The lowest BCUT2D eigenvalue weighted by Crippen LogP contribution is -2.52. The van der Waals surface area contributed by atoms with Crippen molar-refractivity contribution in [3.63, 3.8) is 0 Å². The Balaban J connectivity index is 2.75. The van der Waals surface area contributed by atoms with E-state index in [-0.39, 0.29) is 0 Å². The number of benzene rings is 1. The van der Waals surface area contributed by atoms with Gasteiger partial charge >= 0.3 is 23.8 Å². The lowest BCUT2D eigenvalue weighted by molar-refractivity contribution is -0.235. The molecule has 1 aromatic carbocycles. The summed E-state index contributed by atoms with van der Waals surface area (Å²) in [5, 5.41) is 7.97. The van der Waals surface area contributed by atoms with Gasteiger partial charge in [0.25, 0.3) is 0 Å². The van der Waals surface area contributed by atoms with Gasteiger partial charge in [0.05, 0.1) is 0 Å². The Labute approximate surface area is 104 Å². The van der Waals surface area contributed by atoms with Crippen LogP contribution in [0.1, 0.15) is 5.56 Å². The molecule has 0 spiro atoms. The van der Waals surface area contributed by atoms with E-state index in [1.165, 1.54) is 24.3 Å². The van der Waals surface area contributed by atoms with E-state index in [1.54, 1.807) is 6.07 Å². The minimum absolute atomic E-state index is 0.297. The van der Waals surface area contributed by atoms with Gasteiger partial charge in [-0.1, -0.05) is 30.3 Å². The maximum absolute atomic E-state index is 12.9. The van der Waals surface area contributed by atoms with Gasteiger partial charge in [-0.2, -0.15) is 17.6 Å². The van der Waals surface area contributed by atoms with Gasteiger partial charge in [-0.25, -0.2) is 9.59 Å². The van der Waals surface area contributed by atoms with Gasteiger partial charge in [0.15, 0.2) is 0 Å². The number of ether oxygens (including phenoxy) is 1. The molecule has 0 unspecified atom stereocenters. The second kappa shape index (κ2) is 5.25. The van der Waals surface area contributed by atoms with Crippen LogP contribution in [0.2, 0.25) is 0 Å². The lowest BCUT2D eigenvalue weighted by atomic mass is 10.2. The third-order valence-electron chi connectivity index (χ3n) is 2.13. The van der Waals surface area contributed by atoms with E-state index in [4.69, 9.17) is 5.11 Å². The van der Waals surface area contributed by atoms with E-state index >= 15 is 0 Å². The van der Waals surface area contributed by atoms with Gasteiger partial charge in [-0.15, -0.1) is 0 Å². The number of esters is 1. The maximum Gasteiger partial charge on any atom is 0.415 e. The number of halogens is 4. The zero-order valence-electron chi connectivity index (χ0n) is 9.28. The van der Waals surface area contributed by atoms with Crippen LogP contribution in [0.3, 0.4) is 0 Å².